The first-order valence-electron chi connectivity index (χ1n) is 8.00. The molecule has 0 unspecified atom stereocenters. The van der Waals surface area contributed by atoms with Crippen LogP contribution in [0.1, 0.15) is 11.1 Å². The molecule has 2 nitrogen and oxygen atoms in total. The number of imidazole rings is 1. The number of rotatable bonds is 3. The zero-order valence-electron chi connectivity index (χ0n) is 13.7. The van der Waals surface area contributed by atoms with E-state index in [1.807, 2.05) is 0 Å². The van der Waals surface area contributed by atoms with Crippen molar-refractivity contribution in [1.82, 2.24) is 9.97 Å². The fourth-order valence-electron chi connectivity index (χ4n) is 2.95. The second kappa shape index (κ2) is 6.70. The summed E-state index contributed by atoms with van der Waals surface area (Å²) in [5.74, 6) is -2.90. The Kier molecular flexibility index (Phi) is 4.36. The lowest BCUT2D eigenvalue weighted by Crippen LogP contribution is -1.98. The van der Waals surface area contributed by atoms with Gasteiger partial charge in [0.15, 0.2) is 0 Å². The van der Waals surface area contributed by atoms with Gasteiger partial charge in [0.1, 0.15) is 34.6 Å². The predicted octanol–water partition coefficient (Wildman–Crippen LogP) is 6.03. The number of fused-ring (bicyclic) bond motifs is 1. The molecule has 0 aliphatic heterocycles. The average Bonchev–Trinajstić information content (AvgIpc) is 3.04. The molecule has 0 aliphatic rings. The van der Waals surface area contributed by atoms with Crippen molar-refractivity contribution < 1.29 is 17.6 Å². The van der Waals surface area contributed by atoms with Gasteiger partial charge in [0.2, 0.25) is 0 Å². The number of aromatic amines is 1. The highest BCUT2D eigenvalue weighted by Crippen LogP contribution is 2.32. The zero-order valence-corrected chi connectivity index (χ0v) is 14.4. The molecule has 1 aromatic heterocycles. The van der Waals surface area contributed by atoms with Crippen LogP contribution in [0, 0.1) is 23.3 Å². The monoisotopic (exact) mass is 390 g/mol. The molecule has 27 heavy (non-hydrogen) atoms. The molecule has 4 aromatic rings. The fourth-order valence-corrected chi connectivity index (χ4v) is 3.23. The quantitative estimate of drug-likeness (QED) is 0.425. The van der Waals surface area contributed by atoms with Crippen molar-refractivity contribution >= 4 is 22.6 Å². The van der Waals surface area contributed by atoms with E-state index in [4.69, 9.17) is 11.6 Å². The molecule has 136 valence electrons. The summed E-state index contributed by atoms with van der Waals surface area (Å²) in [4.78, 5) is 7.02. The van der Waals surface area contributed by atoms with E-state index in [9.17, 15) is 17.6 Å². The van der Waals surface area contributed by atoms with Gasteiger partial charge in [-0.3, -0.25) is 0 Å². The lowest BCUT2D eigenvalue weighted by molar-refractivity contribution is 0.561. The minimum absolute atomic E-state index is 0.0169. The van der Waals surface area contributed by atoms with Crippen molar-refractivity contribution in [3.05, 3.63) is 87.9 Å². The maximum atomic E-state index is 14.0. The van der Waals surface area contributed by atoms with Gasteiger partial charge in [0.05, 0.1) is 16.1 Å². The molecule has 3 aromatic carbocycles. The summed E-state index contributed by atoms with van der Waals surface area (Å²) in [7, 11) is 0. The average molecular weight is 391 g/mol. The summed E-state index contributed by atoms with van der Waals surface area (Å²) >= 11 is 6.36. The van der Waals surface area contributed by atoms with Gasteiger partial charge in [-0.15, -0.1) is 0 Å². The van der Waals surface area contributed by atoms with E-state index in [1.165, 1.54) is 24.3 Å². The minimum atomic E-state index is -0.765. The summed E-state index contributed by atoms with van der Waals surface area (Å²) < 4.78 is 55.8. The molecular weight excluding hydrogens is 380 g/mol. The molecular formula is C20H11ClF4N2. The van der Waals surface area contributed by atoms with Crippen molar-refractivity contribution in [3.63, 3.8) is 0 Å². The number of hydrogen-bond acceptors (Lipinski definition) is 1. The predicted molar refractivity (Wildman–Crippen MR) is 95.6 cm³/mol. The number of H-pyrrole nitrogens is 1. The lowest BCUT2D eigenvalue weighted by Gasteiger charge is -2.07. The van der Waals surface area contributed by atoms with Crippen molar-refractivity contribution in [2.45, 2.75) is 6.42 Å². The molecule has 0 radical (unpaired) electrons. The molecule has 0 fully saturated rings. The van der Waals surface area contributed by atoms with Gasteiger partial charge < -0.3 is 4.98 Å². The molecule has 0 saturated heterocycles. The molecule has 7 heteroatoms. The first kappa shape index (κ1) is 17.5. The van der Waals surface area contributed by atoms with Crippen LogP contribution in [0.25, 0.3) is 22.4 Å². The van der Waals surface area contributed by atoms with Crippen LogP contribution in [0.4, 0.5) is 17.6 Å². The molecule has 0 amide bonds. The second-order valence-corrected chi connectivity index (χ2v) is 6.37. The first-order valence-corrected chi connectivity index (χ1v) is 8.38. The second-order valence-electron chi connectivity index (χ2n) is 5.99. The molecule has 1 N–H and O–H groups in total. The number of halogens is 5. The van der Waals surface area contributed by atoms with E-state index in [-0.39, 0.29) is 33.9 Å². The van der Waals surface area contributed by atoms with Crippen LogP contribution in [0.15, 0.2) is 48.5 Å². The number of aromatic nitrogens is 2. The third-order valence-corrected chi connectivity index (χ3v) is 4.72. The van der Waals surface area contributed by atoms with Crippen LogP contribution in [0.2, 0.25) is 5.02 Å². The maximum Gasteiger partial charge on any atom is 0.144 e. The van der Waals surface area contributed by atoms with Crippen LogP contribution in [-0.2, 0) is 6.42 Å². The third kappa shape index (κ3) is 3.06. The fraction of sp³-hybridized carbons (Fsp3) is 0.0500. The van der Waals surface area contributed by atoms with Crippen molar-refractivity contribution in [3.8, 4) is 11.4 Å². The largest absolute Gasteiger partial charge is 0.338 e. The topological polar surface area (TPSA) is 28.7 Å². The van der Waals surface area contributed by atoms with E-state index in [0.717, 1.165) is 12.1 Å². The van der Waals surface area contributed by atoms with Gasteiger partial charge >= 0.3 is 0 Å². The number of nitrogens with one attached hydrogen (secondary N) is 1. The van der Waals surface area contributed by atoms with Crippen molar-refractivity contribution in [2.24, 2.45) is 0 Å². The summed E-state index contributed by atoms with van der Waals surface area (Å²) in [6, 6.07) is 10.3. The van der Waals surface area contributed by atoms with Gasteiger partial charge in [-0.05, 0) is 35.9 Å². The van der Waals surface area contributed by atoms with Crippen LogP contribution in [0.5, 0.6) is 0 Å². The highest BCUT2D eigenvalue weighted by atomic mass is 35.5. The van der Waals surface area contributed by atoms with Crippen LogP contribution < -0.4 is 0 Å². The van der Waals surface area contributed by atoms with Gasteiger partial charge in [0.25, 0.3) is 0 Å². The van der Waals surface area contributed by atoms with E-state index in [2.05, 4.69) is 9.97 Å². The molecule has 0 aliphatic carbocycles. The highest BCUT2D eigenvalue weighted by Gasteiger charge is 2.18. The number of benzene rings is 3. The summed E-state index contributed by atoms with van der Waals surface area (Å²) in [6.45, 7) is 0. The van der Waals surface area contributed by atoms with Crippen LogP contribution in [0.3, 0.4) is 0 Å². The highest BCUT2D eigenvalue weighted by molar-refractivity contribution is 6.35. The minimum Gasteiger partial charge on any atom is -0.338 e. The Morgan fingerprint density at radius 2 is 1.41 bits per heavy atom. The van der Waals surface area contributed by atoms with E-state index >= 15 is 0 Å². The molecule has 0 saturated carbocycles. The van der Waals surface area contributed by atoms with Crippen molar-refractivity contribution in [1.29, 1.82) is 0 Å². The standard InChI is InChI=1S/C20H11ClF4N2/c21-18-10(9-11-12(22)3-1-4-13(11)23)7-8-16-19(18)27-20(26-16)17-14(24)5-2-6-15(17)25/h1-8H,9H2,(H,26,27). The smallest absolute Gasteiger partial charge is 0.144 e. The number of nitrogens with zero attached hydrogens (tertiary/aromatic N) is 1. The normalized spacial score (nSPS) is 11.3. The Hall–Kier alpha value is -2.86. The Labute approximate surface area is 156 Å². The summed E-state index contributed by atoms with van der Waals surface area (Å²) in [5, 5.41) is 0.161. The SMILES string of the molecule is Fc1cccc(F)c1Cc1ccc2[nH]c(-c3c(F)cccc3F)nc2c1Cl. The van der Waals surface area contributed by atoms with E-state index in [1.54, 1.807) is 12.1 Å². The van der Waals surface area contributed by atoms with Gasteiger partial charge in [-0.25, -0.2) is 22.5 Å². The Balaban J connectivity index is 1.81. The van der Waals surface area contributed by atoms with Gasteiger partial charge in [0, 0.05) is 12.0 Å². The molecule has 0 bridgehead atoms. The molecule has 4 rings (SSSR count). The summed E-state index contributed by atoms with van der Waals surface area (Å²) in [6.07, 6.45) is -0.0798. The van der Waals surface area contributed by atoms with Gasteiger partial charge in [-0.1, -0.05) is 29.8 Å². The maximum absolute atomic E-state index is 14.0. The first-order chi connectivity index (χ1) is 13.0. The van der Waals surface area contributed by atoms with Crippen LogP contribution >= 0.6 is 11.6 Å². The summed E-state index contributed by atoms with van der Waals surface area (Å²) in [5.41, 5.74) is 0.750. The van der Waals surface area contributed by atoms with Crippen LogP contribution in [-0.4, -0.2) is 9.97 Å². The third-order valence-electron chi connectivity index (χ3n) is 4.30. The van der Waals surface area contributed by atoms with E-state index in [0.29, 0.717) is 11.1 Å². The Bertz CT molecular complexity index is 1130. The van der Waals surface area contributed by atoms with Gasteiger partial charge in [-0.2, -0.15) is 0 Å². The van der Waals surface area contributed by atoms with Crippen molar-refractivity contribution in [2.75, 3.05) is 0 Å². The van der Waals surface area contributed by atoms with E-state index < -0.39 is 23.3 Å². The molecule has 0 spiro atoms. The Morgan fingerprint density at radius 1 is 0.815 bits per heavy atom. The zero-order chi connectivity index (χ0) is 19.1. The molecule has 1 heterocycles. The Morgan fingerprint density at radius 3 is 2.04 bits per heavy atom. The lowest BCUT2D eigenvalue weighted by atomic mass is 10.0. The number of hydrogen-bond donors (Lipinski definition) is 1. The molecule has 0 atom stereocenters.